The molecular weight excluding hydrogens is 198 g/mol. The van der Waals surface area contributed by atoms with Crippen LogP contribution in [0.1, 0.15) is 54.4 Å². The molecule has 1 rings (SSSR count). The van der Waals surface area contributed by atoms with Crippen molar-refractivity contribution < 1.29 is 4.79 Å². The fourth-order valence-corrected chi connectivity index (χ4v) is 3.17. The Hall–Kier alpha value is -0.530. The average molecular weight is 225 g/mol. The topological polar surface area (TPSA) is 20.3 Å². The number of rotatable bonds is 4. The van der Waals surface area contributed by atoms with E-state index in [-0.39, 0.29) is 0 Å². The van der Waals surface area contributed by atoms with Crippen LogP contribution in [0, 0.1) is 17.8 Å². The lowest BCUT2D eigenvalue weighted by atomic mass is 9.85. The third-order valence-electron chi connectivity index (χ3n) is 3.54. The van der Waals surface area contributed by atoms with Crippen molar-refractivity contribution in [2.45, 2.75) is 66.5 Å². The van der Waals surface area contributed by atoms with E-state index < -0.39 is 0 Å². The minimum Gasteiger partial charge on any atom is -0.337 e. The maximum atomic E-state index is 12.0. The summed E-state index contributed by atoms with van der Waals surface area (Å²) in [6.07, 6.45) is 1.94. The van der Waals surface area contributed by atoms with E-state index in [2.05, 4.69) is 46.4 Å². The zero-order valence-corrected chi connectivity index (χ0v) is 11.7. The quantitative estimate of drug-likeness (QED) is 0.719. The molecule has 1 saturated heterocycles. The molecule has 1 fully saturated rings. The molecule has 0 aromatic carbocycles. The molecule has 1 aliphatic rings. The molecule has 0 aromatic rings. The zero-order valence-electron chi connectivity index (χ0n) is 11.7. The summed E-state index contributed by atoms with van der Waals surface area (Å²) in [5.41, 5.74) is 0. The summed E-state index contributed by atoms with van der Waals surface area (Å²) in [7, 11) is 0. The molecule has 2 atom stereocenters. The van der Waals surface area contributed by atoms with Crippen LogP contribution >= 0.6 is 0 Å². The van der Waals surface area contributed by atoms with Gasteiger partial charge in [0.2, 0.25) is 5.91 Å². The SMILES string of the molecule is CC(C)CC1CC(=O)N(C(C)C)C1C(C)C. The van der Waals surface area contributed by atoms with Crippen molar-refractivity contribution in [3.05, 3.63) is 0 Å². The van der Waals surface area contributed by atoms with Gasteiger partial charge in [0.25, 0.3) is 0 Å². The van der Waals surface area contributed by atoms with Crippen molar-refractivity contribution in [2.75, 3.05) is 0 Å². The van der Waals surface area contributed by atoms with Crippen molar-refractivity contribution in [3.8, 4) is 0 Å². The largest absolute Gasteiger partial charge is 0.337 e. The van der Waals surface area contributed by atoms with E-state index in [1.165, 1.54) is 6.42 Å². The van der Waals surface area contributed by atoms with Crippen LogP contribution in [0.3, 0.4) is 0 Å². The van der Waals surface area contributed by atoms with Crippen LogP contribution in [0.15, 0.2) is 0 Å². The third-order valence-corrected chi connectivity index (χ3v) is 3.54. The fourth-order valence-electron chi connectivity index (χ4n) is 3.17. The average Bonchev–Trinajstić information content (AvgIpc) is 2.40. The van der Waals surface area contributed by atoms with Crippen LogP contribution in [0.5, 0.6) is 0 Å². The van der Waals surface area contributed by atoms with Gasteiger partial charge in [0.1, 0.15) is 0 Å². The molecule has 1 heterocycles. The standard InChI is InChI=1S/C14H27NO/c1-9(2)7-12-8-13(16)15(11(5)6)14(12)10(3)4/h9-12,14H,7-8H2,1-6H3. The van der Waals surface area contributed by atoms with Gasteiger partial charge in [0.15, 0.2) is 0 Å². The van der Waals surface area contributed by atoms with Gasteiger partial charge in [-0.1, -0.05) is 27.7 Å². The minimum absolute atomic E-state index is 0.345. The van der Waals surface area contributed by atoms with E-state index >= 15 is 0 Å². The molecule has 0 radical (unpaired) electrons. The van der Waals surface area contributed by atoms with Crippen molar-refractivity contribution in [1.82, 2.24) is 4.90 Å². The van der Waals surface area contributed by atoms with Gasteiger partial charge in [-0.2, -0.15) is 0 Å². The van der Waals surface area contributed by atoms with E-state index in [0.717, 1.165) is 6.42 Å². The van der Waals surface area contributed by atoms with Gasteiger partial charge >= 0.3 is 0 Å². The van der Waals surface area contributed by atoms with Gasteiger partial charge in [0.05, 0.1) is 0 Å². The summed E-state index contributed by atoms with van der Waals surface area (Å²) in [5.74, 6) is 2.18. The highest BCUT2D eigenvalue weighted by Crippen LogP contribution is 2.36. The van der Waals surface area contributed by atoms with Gasteiger partial charge in [-0.15, -0.1) is 0 Å². The number of nitrogens with zero attached hydrogens (tertiary/aromatic N) is 1. The number of likely N-dealkylation sites (tertiary alicyclic amines) is 1. The van der Waals surface area contributed by atoms with Crippen LogP contribution in [0.25, 0.3) is 0 Å². The second kappa shape index (κ2) is 5.20. The van der Waals surface area contributed by atoms with Crippen LogP contribution in [0.4, 0.5) is 0 Å². The number of carbonyl (C=O) groups is 1. The van der Waals surface area contributed by atoms with Gasteiger partial charge in [-0.3, -0.25) is 4.79 Å². The summed E-state index contributed by atoms with van der Waals surface area (Å²) in [5, 5.41) is 0. The van der Waals surface area contributed by atoms with Crippen LogP contribution < -0.4 is 0 Å². The Balaban J connectivity index is 2.84. The first-order valence-corrected chi connectivity index (χ1v) is 6.65. The van der Waals surface area contributed by atoms with Gasteiger partial charge in [-0.05, 0) is 38.0 Å². The Morgan fingerprint density at radius 3 is 2.12 bits per heavy atom. The van der Waals surface area contributed by atoms with Crippen molar-refractivity contribution in [2.24, 2.45) is 17.8 Å². The van der Waals surface area contributed by atoms with Gasteiger partial charge in [-0.25, -0.2) is 0 Å². The molecule has 1 amide bonds. The summed E-state index contributed by atoms with van der Waals surface area (Å²) < 4.78 is 0. The lowest BCUT2D eigenvalue weighted by Gasteiger charge is -2.34. The molecular formula is C14H27NO. The Kier molecular flexibility index (Phi) is 4.40. The summed E-state index contributed by atoms with van der Waals surface area (Å²) in [4.78, 5) is 14.2. The maximum Gasteiger partial charge on any atom is 0.223 e. The minimum atomic E-state index is 0.345. The second-order valence-electron chi connectivity index (χ2n) is 6.22. The van der Waals surface area contributed by atoms with Gasteiger partial charge < -0.3 is 4.90 Å². The molecule has 16 heavy (non-hydrogen) atoms. The van der Waals surface area contributed by atoms with Crippen LogP contribution in [-0.2, 0) is 4.79 Å². The Bertz CT molecular complexity index is 245. The Morgan fingerprint density at radius 1 is 1.19 bits per heavy atom. The molecule has 2 nitrogen and oxygen atoms in total. The fraction of sp³-hybridized carbons (Fsp3) is 0.929. The third kappa shape index (κ3) is 2.78. The number of amides is 1. The van der Waals surface area contributed by atoms with Gasteiger partial charge in [0, 0.05) is 18.5 Å². The zero-order chi connectivity index (χ0) is 12.5. The highest BCUT2D eigenvalue weighted by atomic mass is 16.2. The van der Waals surface area contributed by atoms with E-state index in [1.54, 1.807) is 0 Å². The summed E-state index contributed by atoms with van der Waals surface area (Å²) in [6, 6.07) is 0.798. The van der Waals surface area contributed by atoms with Crippen LogP contribution in [0.2, 0.25) is 0 Å². The molecule has 1 aliphatic heterocycles. The number of hydrogen-bond donors (Lipinski definition) is 0. The Labute approximate surface area is 100 Å². The molecule has 0 aliphatic carbocycles. The van der Waals surface area contributed by atoms with E-state index in [9.17, 15) is 4.79 Å². The van der Waals surface area contributed by atoms with E-state index in [1.807, 2.05) is 0 Å². The molecule has 2 heteroatoms. The van der Waals surface area contributed by atoms with Crippen molar-refractivity contribution in [3.63, 3.8) is 0 Å². The first-order chi connectivity index (χ1) is 7.34. The normalized spacial score (nSPS) is 26.6. The van der Waals surface area contributed by atoms with Crippen molar-refractivity contribution in [1.29, 1.82) is 0 Å². The van der Waals surface area contributed by atoms with Crippen LogP contribution in [-0.4, -0.2) is 22.9 Å². The highest BCUT2D eigenvalue weighted by molar-refractivity contribution is 5.79. The molecule has 0 N–H and O–H groups in total. The second-order valence-corrected chi connectivity index (χ2v) is 6.22. The van der Waals surface area contributed by atoms with E-state index in [0.29, 0.717) is 35.7 Å². The first-order valence-electron chi connectivity index (χ1n) is 6.65. The highest BCUT2D eigenvalue weighted by Gasteiger charge is 2.42. The predicted octanol–water partition coefficient (Wildman–Crippen LogP) is 3.31. The molecule has 2 unspecified atom stereocenters. The monoisotopic (exact) mass is 225 g/mol. The number of carbonyl (C=O) groups excluding carboxylic acids is 1. The first kappa shape index (κ1) is 13.5. The Morgan fingerprint density at radius 2 is 1.75 bits per heavy atom. The lowest BCUT2D eigenvalue weighted by molar-refractivity contribution is -0.131. The van der Waals surface area contributed by atoms with Crippen molar-refractivity contribution >= 4 is 5.91 Å². The lowest BCUT2D eigenvalue weighted by Crippen LogP contribution is -2.43. The maximum absolute atomic E-state index is 12.0. The molecule has 94 valence electrons. The van der Waals surface area contributed by atoms with E-state index in [4.69, 9.17) is 0 Å². The molecule has 0 aromatic heterocycles. The summed E-state index contributed by atoms with van der Waals surface area (Å²) >= 11 is 0. The summed E-state index contributed by atoms with van der Waals surface area (Å²) in [6.45, 7) is 13.2. The molecule has 0 saturated carbocycles. The molecule has 0 bridgehead atoms. The smallest absolute Gasteiger partial charge is 0.223 e. The number of hydrogen-bond acceptors (Lipinski definition) is 1. The molecule has 0 spiro atoms. The predicted molar refractivity (Wildman–Crippen MR) is 68.2 cm³/mol.